The molecule has 1 saturated heterocycles. The number of likely N-dealkylation sites (tertiary alicyclic amines) is 1. The Morgan fingerprint density at radius 2 is 1.91 bits per heavy atom. The van der Waals surface area contributed by atoms with Gasteiger partial charge in [-0.1, -0.05) is 11.6 Å². The number of hydrogen-bond acceptors (Lipinski definition) is 5. The minimum atomic E-state index is -0.575. The van der Waals surface area contributed by atoms with Crippen molar-refractivity contribution in [2.45, 2.75) is 19.4 Å². The van der Waals surface area contributed by atoms with Crippen molar-refractivity contribution in [2.24, 2.45) is 0 Å². The van der Waals surface area contributed by atoms with Crippen LogP contribution < -0.4 is 10.6 Å². The quantitative estimate of drug-likeness (QED) is 0.537. The molecule has 2 heterocycles. The molecule has 3 amide bonds. The Labute approximate surface area is 195 Å². The Morgan fingerprint density at radius 1 is 1.12 bits per heavy atom. The Balaban J connectivity index is 1.36. The van der Waals surface area contributed by atoms with Gasteiger partial charge in [0.1, 0.15) is 0 Å². The summed E-state index contributed by atoms with van der Waals surface area (Å²) in [5.74, 6) is -0.538. The summed E-state index contributed by atoms with van der Waals surface area (Å²) in [6.07, 6.45) is 3.77. The number of benzene rings is 2. The average Bonchev–Trinajstić information content (AvgIpc) is 3.48. The number of esters is 1. The van der Waals surface area contributed by atoms with Gasteiger partial charge in [0.15, 0.2) is 0 Å². The van der Waals surface area contributed by atoms with Gasteiger partial charge >= 0.3 is 12.0 Å². The third-order valence-electron chi connectivity index (χ3n) is 5.53. The summed E-state index contributed by atoms with van der Waals surface area (Å²) in [6, 6.07) is 9.54. The highest BCUT2D eigenvalue weighted by Crippen LogP contribution is 2.22. The summed E-state index contributed by atoms with van der Waals surface area (Å²) in [5.41, 5.74) is 2.70. The topological polar surface area (TPSA) is 106 Å². The van der Waals surface area contributed by atoms with Crippen molar-refractivity contribution in [2.75, 3.05) is 32.1 Å². The molecule has 1 aromatic heterocycles. The largest absolute Gasteiger partial charge is 0.465 e. The van der Waals surface area contributed by atoms with Gasteiger partial charge in [-0.25, -0.2) is 14.6 Å². The lowest BCUT2D eigenvalue weighted by atomic mass is 10.1. The van der Waals surface area contributed by atoms with Gasteiger partial charge in [-0.2, -0.15) is 0 Å². The van der Waals surface area contributed by atoms with Crippen LogP contribution in [0.2, 0.25) is 5.02 Å². The zero-order valence-electron chi connectivity index (χ0n) is 18.1. The van der Waals surface area contributed by atoms with Gasteiger partial charge in [0.2, 0.25) is 0 Å². The molecule has 0 atom stereocenters. The normalized spacial score (nSPS) is 13.2. The molecule has 0 saturated carbocycles. The number of fused-ring (bicyclic) bond motifs is 1. The highest BCUT2D eigenvalue weighted by molar-refractivity contribution is 6.31. The molecule has 1 aliphatic heterocycles. The van der Waals surface area contributed by atoms with E-state index in [2.05, 4.69) is 15.6 Å². The summed E-state index contributed by atoms with van der Waals surface area (Å²) in [4.78, 5) is 43.1. The van der Waals surface area contributed by atoms with Crippen LogP contribution in [0.3, 0.4) is 0 Å². The maximum atomic E-state index is 12.6. The monoisotopic (exact) mass is 469 g/mol. The number of rotatable bonds is 6. The van der Waals surface area contributed by atoms with Gasteiger partial charge in [-0.15, -0.1) is 0 Å². The first-order valence-corrected chi connectivity index (χ1v) is 11.0. The Hall–Kier alpha value is -3.59. The number of carbonyl (C=O) groups is 3. The number of nitrogens with one attached hydrogen (secondary N) is 2. The smallest absolute Gasteiger partial charge is 0.339 e. The number of anilines is 1. The van der Waals surface area contributed by atoms with Gasteiger partial charge in [0.25, 0.3) is 5.91 Å². The number of urea groups is 1. The van der Waals surface area contributed by atoms with Crippen molar-refractivity contribution < 1.29 is 19.1 Å². The van der Waals surface area contributed by atoms with Crippen LogP contribution in [-0.2, 0) is 11.3 Å². The van der Waals surface area contributed by atoms with E-state index in [-0.39, 0.29) is 17.2 Å². The number of nitrogens with zero attached hydrogens (tertiary/aromatic N) is 3. The van der Waals surface area contributed by atoms with Crippen molar-refractivity contribution in [1.82, 2.24) is 19.8 Å². The van der Waals surface area contributed by atoms with E-state index in [9.17, 15) is 14.4 Å². The molecular weight excluding hydrogens is 446 g/mol. The molecule has 1 fully saturated rings. The number of hydrogen-bond donors (Lipinski definition) is 2. The fourth-order valence-corrected chi connectivity index (χ4v) is 4.01. The third kappa shape index (κ3) is 5.09. The first kappa shape index (κ1) is 22.6. The molecule has 9 nitrogen and oxygen atoms in total. The van der Waals surface area contributed by atoms with Crippen LogP contribution in [0.15, 0.2) is 42.7 Å². The molecular formula is C23H24ClN5O4. The lowest BCUT2D eigenvalue weighted by Gasteiger charge is -2.15. The molecule has 0 unspecified atom stereocenters. The molecule has 4 rings (SSSR count). The zero-order chi connectivity index (χ0) is 23.4. The van der Waals surface area contributed by atoms with E-state index in [0.29, 0.717) is 23.7 Å². The minimum Gasteiger partial charge on any atom is -0.465 e. The van der Waals surface area contributed by atoms with Crippen molar-refractivity contribution in [1.29, 1.82) is 0 Å². The number of amides is 3. The summed E-state index contributed by atoms with van der Waals surface area (Å²) in [5, 5.41) is 5.76. The van der Waals surface area contributed by atoms with E-state index in [1.807, 2.05) is 21.6 Å². The number of methoxy groups -OCH3 is 1. The fraction of sp³-hybridized carbons (Fsp3) is 0.304. The number of carbonyl (C=O) groups excluding carboxylic acids is 3. The molecule has 172 valence electrons. The van der Waals surface area contributed by atoms with Crippen LogP contribution in [0.4, 0.5) is 10.5 Å². The second kappa shape index (κ2) is 9.91. The predicted octanol–water partition coefficient (Wildman–Crippen LogP) is 3.53. The molecule has 33 heavy (non-hydrogen) atoms. The van der Waals surface area contributed by atoms with E-state index in [1.54, 1.807) is 18.5 Å². The summed E-state index contributed by atoms with van der Waals surface area (Å²) >= 11 is 5.99. The summed E-state index contributed by atoms with van der Waals surface area (Å²) < 4.78 is 6.64. The third-order valence-corrected chi connectivity index (χ3v) is 5.77. The Bertz CT molecular complexity index is 1200. The lowest BCUT2D eigenvalue weighted by molar-refractivity contribution is 0.0601. The molecule has 2 N–H and O–H groups in total. The number of aromatic nitrogens is 2. The van der Waals surface area contributed by atoms with Crippen LogP contribution in [0.1, 0.15) is 33.6 Å². The Morgan fingerprint density at radius 3 is 2.67 bits per heavy atom. The van der Waals surface area contributed by atoms with Crippen LogP contribution in [0.25, 0.3) is 11.0 Å². The zero-order valence-corrected chi connectivity index (χ0v) is 18.9. The summed E-state index contributed by atoms with van der Waals surface area (Å²) in [6.45, 7) is 2.40. The SMILES string of the molecule is COC(=O)c1ccc(Cl)cc1NC(=O)NCCn1cnc2cc(C(=O)N3CCCC3)ccc21. The van der Waals surface area contributed by atoms with Gasteiger partial charge < -0.3 is 24.8 Å². The van der Waals surface area contributed by atoms with Crippen molar-refractivity contribution >= 4 is 46.2 Å². The molecule has 0 aliphatic carbocycles. The van der Waals surface area contributed by atoms with Gasteiger partial charge in [0, 0.05) is 36.8 Å². The average molecular weight is 470 g/mol. The maximum absolute atomic E-state index is 12.6. The number of imidazole rings is 1. The maximum Gasteiger partial charge on any atom is 0.339 e. The standard InChI is InChI=1S/C23H24ClN5O4/c1-33-22(31)17-6-5-16(24)13-18(17)27-23(32)25-8-11-29-14-26-19-12-15(4-7-20(19)29)21(30)28-9-2-3-10-28/h4-7,12-14H,2-3,8-11H2,1H3,(H2,25,27,32). The first-order valence-electron chi connectivity index (χ1n) is 10.6. The Kier molecular flexibility index (Phi) is 6.79. The molecule has 1 aliphatic rings. The van der Waals surface area contributed by atoms with Gasteiger partial charge in [-0.05, 0) is 49.2 Å². The van der Waals surface area contributed by atoms with E-state index in [4.69, 9.17) is 16.3 Å². The lowest BCUT2D eigenvalue weighted by Crippen LogP contribution is -2.32. The van der Waals surface area contributed by atoms with Crippen molar-refractivity contribution in [3.8, 4) is 0 Å². The molecule has 2 aromatic carbocycles. The number of ether oxygens (including phenoxy) is 1. The highest BCUT2D eigenvalue weighted by Gasteiger charge is 2.20. The van der Waals surface area contributed by atoms with E-state index in [1.165, 1.54) is 19.2 Å². The molecule has 0 radical (unpaired) electrons. The second-order valence-electron chi connectivity index (χ2n) is 7.70. The van der Waals surface area contributed by atoms with Gasteiger partial charge in [-0.3, -0.25) is 4.79 Å². The van der Waals surface area contributed by atoms with E-state index < -0.39 is 12.0 Å². The molecule has 0 spiro atoms. The predicted molar refractivity (Wildman–Crippen MR) is 125 cm³/mol. The highest BCUT2D eigenvalue weighted by atomic mass is 35.5. The fourth-order valence-electron chi connectivity index (χ4n) is 3.84. The van der Waals surface area contributed by atoms with Crippen molar-refractivity contribution in [3.63, 3.8) is 0 Å². The van der Waals surface area contributed by atoms with Crippen LogP contribution in [0, 0.1) is 0 Å². The van der Waals surface area contributed by atoms with Crippen LogP contribution in [0.5, 0.6) is 0 Å². The minimum absolute atomic E-state index is 0.0367. The molecule has 0 bridgehead atoms. The first-order chi connectivity index (χ1) is 16.0. The molecule has 10 heteroatoms. The van der Waals surface area contributed by atoms with Crippen molar-refractivity contribution in [3.05, 3.63) is 58.9 Å². The van der Waals surface area contributed by atoms with Crippen LogP contribution >= 0.6 is 11.6 Å². The van der Waals surface area contributed by atoms with Gasteiger partial charge in [0.05, 0.1) is 35.7 Å². The van der Waals surface area contributed by atoms with E-state index in [0.717, 1.165) is 37.0 Å². The summed E-state index contributed by atoms with van der Waals surface area (Å²) in [7, 11) is 1.27. The van der Waals surface area contributed by atoms with Crippen LogP contribution in [-0.4, -0.2) is 59.1 Å². The molecule has 3 aromatic rings. The number of halogens is 1. The van der Waals surface area contributed by atoms with E-state index >= 15 is 0 Å². The second-order valence-corrected chi connectivity index (χ2v) is 8.14.